The molecule has 0 aliphatic heterocycles. The number of fused-ring (bicyclic) bond motifs is 1. The van der Waals surface area contributed by atoms with Crippen molar-refractivity contribution in [3.63, 3.8) is 0 Å². The summed E-state index contributed by atoms with van der Waals surface area (Å²) in [7, 11) is 0. The molecule has 0 radical (unpaired) electrons. The second kappa shape index (κ2) is 7.63. The summed E-state index contributed by atoms with van der Waals surface area (Å²) in [5, 5.41) is 11.7. The Morgan fingerprint density at radius 3 is 2.77 bits per heavy atom. The molecule has 2 nitrogen and oxygen atoms in total. The maximum Gasteiger partial charge on any atom is 0.137 e. The first-order valence-electron chi connectivity index (χ1n) is 8.99. The molecule has 134 valence electrons. The molecule has 3 aromatic rings. The molecule has 1 N–H and O–H groups in total. The highest BCUT2D eigenvalue weighted by Gasteiger charge is 2.19. The van der Waals surface area contributed by atoms with Gasteiger partial charge >= 0.3 is 0 Å². The molecule has 5 heteroatoms. The Kier molecular flexibility index (Phi) is 5.25. The van der Waals surface area contributed by atoms with Gasteiger partial charge in [-0.05, 0) is 41.5 Å². The minimum Gasteiger partial charge on any atom is -0.506 e. The lowest BCUT2D eigenvalue weighted by Crippen LogP contribution is -2.06. The number of thiazole rings is 1. The average molecular weight is 402 g/mol. The summed E-state index contributed by atoms with van der Waals surface area (Å²) in [5.74, 6) is 0.859. The van der Waals surface area contributed by atoms with E-state index in [1.807, 2.05) is 24.3 Å². The third-order valence-electron chi connectivity index (χ3n) is 5.06. The Hall–Kier alpha value is -1.49. The Bertz CT molecular complexity index is 927. The van der Waals surface area contributed by atoms with Gasteiger partial charge in [-0.15, -0.1) is 11.3 Å². The molecule has 1 heterocycles. The molecule has 1 aliphatic carbocycles. The van der Waals surface area contributed by atoms with Gasteiger partial charge in [0, 0.05) is 17.5 Å². The molecule has 0 unspecified atom stereocenters. The molecule has 0 atom stereocenters. The van der Waals surface area contributed by atoms with Crippen molar-refractivity contribution >= 4 is 50.2 Å². The molecule has 1 aromatic heterocycles. The number of hydrogen-bond donors (Lipinski definition) is 1. The van der Waals surface area contributed by atoms with E-state index < -0.39 is 0 Å². The molecule has 0 bridgehead atoms. The van der Waals surface area contributed by atoms with Crippen LogP contribution in [0.4, 0.5) is 0 Å². The first kappa shape index (κ1) is 17.9. The zero-order chi connectivity index (χ0) is 18.1. The van der Waals surface area contributed by atoms with Gasteiger partial charge in [0.25, 0.3) is 0 Å². The molecule has 1 fully saturated rings. The normalized spacial score (nSPS) is 15.0. The van der Waals surface area contributed by atoms with Crippen molar-refractivity contribution in [2.24, 2.45) is 5.92 Å². The number of halogens is 1. The van der Waals surface area contributed by atoms with Crippen LogP contribution in [0.2, 0.25) is 5.02 Å². The fourth-order valence-electron chi connectivity index (χ4n) is 3.73. The van der Waals surface area contributed by atoms with Gasteiger partial charge in [-0.1, -0.05) is 61.6 Å². The smallest absolute Gasteiger partial charge is 0.137 e. The van der Waals surface area contributed by atoms with Crippen LogP contribution in [0.5, 0.6) is 5.75 Å². The van der Waals surface area contributed by atoms with Crippen LogP contribution in [-0.4, -0.2) is 15.0 Å². The first-order chi connectivity index (χ1) is 12.6. The summed E-state index contributed by atoms with van der Waals surface area (Å²) in [4.78, 5) is 5.71. The fourth-order valence-corrected chi connectivity index (χ4v) is 5.31. The van der Waals surface area contributed by atoms with Crippen LogP contribution >= 0.6 is 35.2 Å². The van der Waals surface area contributed by atoms with Gasteiger partial charge in [-0.3, -0.25) is 0 Å². The monoisotopic (exact) mass is 401 g/mol. The summed E-state index contributed by atoms with van der Waals surface area (Å²) in [6, 6.07) is 11.9. The van der Waals surface area contributed by atoms with Gasteiger partial charge in [0.1, 0.15) is 10.8 Å². The summed E-state index contributed by atoms with van der Waals surface area (Å²) in [6.07, 6.45) is 6.75. The Labute approximate surface area is 167 Å². The van der Waals surface area contributed by atoms with E-state index in [4.69, 9.17) is 28.8 Å². The van der Waals surface area contributed by atoms with Crippen molar-refractivity contribution in [2.75, 3.05) is 0 Å². The van der Waals surface area contributed by atoms with Crippen molar-refractivity contribution < 1.29 is 5.11 Å². The van der Waals surface area contributed by atoms with Gasteiger partial charge in [0.05, 0.1) is 15.2 Å². The predicted octanol–water partition coefficient (Wildman–Crippen LogP) is 6.82. The van der Waals surface area contributed by atoms with Crippen LogP contribution < -0.4 is 0 Å². The Balaban J connectivity index is 1.61. The molecule has 0 spiro atoms. The van der Waals surface area contributed by atoms with Gasteiger partial charge in [0.15, 0.2) is 0 Å². The van der Waals surface area contributed by atoms with Gasteiger partial charge < -0.3 is 5.11 Å². The van der Waals surface area contributed by atoms with Gasteiger partial charge in [0.2, 0.25) is 0 Å². The van der Waals surface area contributed by atoms with Crippen LogP contribution in [0, 0.1) is 5.92 Å². The van der Waals surface area contributed by atoms with Crippen molar-refractivity contribution in [2.45, 2.75) is 38.5 Å². The molecule has 1 aliphatic rings. The number of aromatic nitrogens is 1. The van der Waals surface area contributed by atoms with Crippen molar-refractivity contribution in [1.82, 2.24) is 4.98 Å². The number of nitrogens with zero attached hydrogens (tertiary/aromatic N) is 1. The third-order valence-corrected chi connectivity index (χ3v) is 6.75. The average Bonchev–Trinajstić information content (AvgIpc) is 3.27. The highest BCUT2D eigenvalue weighted by molar-refractivity contribution is 7.80. The minimum absolute atomic E-state index is 0.144. The lowest BCUT2D eigenvalue weighted by molar-refractivity contribution is 0.470. The second-order valence-electron chi connectivity index (χ2n) is 7.02. The number of hydrogen-bond acceptors (Lipinski definition) is 4. The lowest BCUT2D eigenvalue weighted by Gasteiger charge is -2.12. The van der Waals surface area contributed by atoms with Crippen molar-refractivity contribution in [3.8, 4) is 16.3 Å². The van der Waals surface area contributed by atoms with E-state index in [-0.39, 0.29) is 5.75 Å². The molecule has 26 heavy (non-hydrogen) atoms. The van der Waals surface area contributed by atoms with Crippen molar-refractivity contribution in [3.05, 3.63) is 47.0 Å². The topological polar surface area (TPSA) is 33.1 Å². The number of para-hydroxylation sites is 1. The summed E-state index contributed by atoms with van der Waals surface area (Å²) < 4.78 is 1.14. The third kappa shape index (κ3) is 3.78. The maximum absolute atomic E-state index is 10.4. The fraction of sp³-hybridized carbons (Fsp3) is 0.333. The van der Waals surface area contributed by atoms with E-state index in [0.29, 0.717) is 17.4 Å². The SMILES string of the molecule is Oc1c(Cl)cc(-c2nc3ccccc3s2)cc1CC(=S)CC1CCCC1. The molecule has 2 aromatic carbocycles. The Morgan fingerprint density at radius 2 is 2.00 bits per heavy atom. The molecule has 4 rings (SSSR count). The van der Waals surface area contributed by atoms with Crippen LogP contribution in [0.3, 0.4) is 0 Å². The largest absolute Gasteiger partial charge is 0.506 e. The van der Waals surface area contributed by atoms with Crippen molar-refractivity contribution in [1.29, 1.82) is 0 Å². The minimum atomic E-state index is 0.144. The zero-order valence-corrected chi connectivity index (χ0v) is 16.8. The maximum atomic E-state index is 10.4. The van der Waals surface area contributed by atoms with Crippen LogP contribution in [-0.2, 0) is 6.42 Å². The highest BCUT2D eigenvalue weighted by Crippen LogP contribution is 2.37. The van der Waals surface area contributed by atoms with E-state index in [0.717, 1.165) is 37.6 Å². The number of thiocarbonyl (C=S) groups is 1. The quantitative estimate of drug-likeness (QED) is 0.476. The predicted molar refractivity (Wildman–Crippen MR) is 115 cm³/mol. The van der Waals surface area contributed by atoms with E-state index in [2.05, 4.69) is 6.07 Å². The van der Waals surface area contributed by atoms with Crippen LogP contribution in [0.1, 0.15) is 37.7 Å². The number of benzene rings is 2. The summed E-state index contributed by atoms with van der Waals surface area (Å²) >= 11 is 13.6. The number of phenolic OH excluding ortho intramolecular Hbond substituents is 1. The molecule has 0 amide bonds. The van der Waals surface area contributed by atoms with E-state index >= 15 is 0 Å². The number of phenols is 1. The number of aromatic hydroxyl groups is 1. The van der Waals surface area contributed by atoms with Gasteiger partial charge in [-0.2, -0.15) is 0 Å². The standard InChI is InChI=1S/C21H20ClNOS2/c22-17-12-15(21-23-18-7-3-4-8-19(18)26-21)10-14(20(17)24)11-16(25)9-13-5-1-2-6-13/h3-4,7-8,10,12-13,24H,1-2,5-6,9,11H2. The molecule has 0 saturated heterocycles. The van der Waals surface area contributed by atoms with Crippen LogP contribution in [0.15, 0.2) is 36.4 Å². The van der Waals surface area contributed by atoms with Crippen LogP contribution in [0.25, 0.3) is 20.8 Å². The first-order valence-corrected chi connectivity index (χ1v) is 10.6. The summed E-state index contributed by atoms with van der Waals surface area (Å²) in [5.41, 5.74) is 2.72. The molecular formula is C21H20ClNOS2. The zero-order valence-electron chi connectivity index (χ0n) is 14.4. The number of rotatable bonds is 5. The Morgan fingerprint density at radius 1 is 1.23 bits per heavy atom. The molecular weight excluding hydrogens is 382 g/mol. The molecule has 1 saturated carbocycles. The lowest BCUT2D eigenvalue weighted by atomic mass is 9.97. The van der Waals surface area contributed by atoms with E-state index in [1.54, 1.807) is 17.4 Å². The highest BCUT2D eigenvalue weighted by atomic mass is 35.5. The van der Waals surface area contributed by atoms with E-state index in [9.17, 15) is 5.11 Å². The van der Waals surface area contributed by atoms with E-state index in [1.165, 1.54) is 25.7 Å². The second-order valence-corrected chi connectivity index (χ2v) is 9.04. The van der Waals surface area contributed by atoms with Gasteiger partial charge in [-0.25, -0.2) is 4.98 Å². The summed E-state index contributed by atoms with van der Waals surface area (Å²) in [6.45, 7) is 0.